The number of hydrogen-bond acceptors (Lipinski definition) is 1. The van der Waals surface area contributed by atoms with Crippen molar-refractivity contribution in [2.24, 2.45) is 5.92 Å². The molecule has 0 fully saturated rings. The van der Waals surface area contributed by atoms with E-state index in [9.17, 15) is 0 Å². The van der Waals surface area contributed by atoms with Gasteiger partial charge in [0.05, 0.1) is 5.56 Å². The average molecular weight is 654 g/mol. The third-order valence-electron chi connectivity index (χ3n) is 10.8. The molecule has 1 N–H and O–H groups in total. The van der Waals surface area contributed by atoms with Gasteiger partial charge in [-0.25, -0.2) is 5.32 Å². The van der Waals surface area contributed by atoms with Crippen LogP contribution >= 0.6 is 0 Å². The molecule has 0 bridgehead atoms. The summed E-state index contributed by atoms with van der Waals surface area (Å²) in [5, 5.41) is 14.3. The smallest absolute Gasteiger partial charge is 0.229 e. The van der Waals surface area contributed by atoms with Crippen LogP contribution < -0.4 is 15.8 Å². The molecular weight excluding hydrogens is 617 g/mol. The van der Waals surface area contributed by atoms with Gasteiger partial charge in [0.15, 0.2) is 0 Å². The first-order valence-corrected chi connectivity index (χ1v) is 18.0. The SMILES string of the molecule is CC1C=c2c(c(C3NC(c4ccccc4)=[N+]3c3cc(-c4ccc5ccccc5c4)cc(-c4ccc5ccccc5c4)c3)cc3ccccc23)=CC1. The highest BCUT2D eigenvalue weighted by Gasteiger charge is 2.42. The first-order valence-electron chi connectivity index (χ1n) is 18.0. The van der Waals surface area contributed by atoms with Crippen molar-refractivity contribution in [3.8, 4) is 22.3 Å². The van der Waals surface area contributed by atoms with Crippen molar-refractivity contribution < 1.29 is 4.58 Å². The summed E-state index contributed by atoms with van der Waals surface area (Å²) in [4.78, 5) is 0. The largest absolute Gasteiger partial charge is 0.289 e. The minimum absolute atomic E-state index is 0.0343. The van der Waals surface area contributed by atoms with Gasteiger partial charge < -0.3 is 0 Å². The van der Waals surface area contributed by atoms with Crippen LogP contribution in [0.5, 0.6) is 0 Å². The maximum atomic E-state index is 3.96. The molecule has 1 aliphatic heterocycles. The summed E-state index contributed by atoms with van der Waals surface area (Å²) < 4.78 is 2.53. The van der Waals surface area contributed by atoms with E-state index < -0.39 is 0 Å². The quantitative estimate of drug-likeness (QED) is 0.183. The molecule has 8 aromatic rings. The second kappa shape index (κ2) is 12.0. The molecule has 0 radical (unpaired) electrons. The van der Waals surface area contributed by atoms with Gasteiger partial charge in [0.25, 0.3) is 12.0 Å². The Labute approximate surface area is 298 Å². The maximum absolute atomic E-state index is 3.96. The molecule has 0 spiro atoms. The minimum atomic E-state index is -0.0343. The highest BCUT2D eigenvalue weighted by Crippen LogP contribution is 2.38. The normalized spacial score (nSPS) is 16.6. The Morgan fingerprint density at radius 1 is 0.490 bits per heavy atom. The molecule has 51 heavy (non-hydrogen) atoms. The van der Waals surface area contributed by atoms with Crippen LogP contribution in [-0.4, -0.2) is 10.4 Å². The first-order chi connectivity index (χ1) is 25.2. The lowest BCUT2D eigenvalue weighted by Gasteiger charge is -2.31. The summed E-state index contributed by atoms with van der Waals surface area (Å²) in [6.45, 7) is 2.32. The van der Waals surface area contributed by atoms with E-state index in [-0.39, 0.29) is 6.17 Å². The van der Waals surface area contributed by atoms with Crippen LogP contribution in [0, 0.1) is 5.92 Å². The van der Waals surface area contributed by atoms with Gasteiger partial charge in [-0.15, -0.1) is 0 Å². The molecule has 2 unspecified atom stereocenters. The summed E-state index contributed by atoms with van der Waals surface area (Å²) in [6, 6.07) is 60.1. The van der Waals surface area contributed by atoms with Crippen LogP contribution in [0.2, 0.25) is 0 Å². The molecule has 2 atom stereocenters. The van der Waals surface area contributed by atoms with E-state index in [0.717, 1.165) is 12.3 Å². The average Bonchev–Trinajstić information content (AvgIpc) is 3.17. The molecule has 2 aliphatic rings. The third kappa shape index (κ3) is 5.14. The Morgan fingerprint density at radius 2 is 1.08 bits per heavy atom. The molecule has 0 amide bonds. The highest BCUT2D eigenvalue weighted by molar-refractivity contribution is 5.99. The van der Waals surface area contributed by atoms with Crippen molar-refractivity contribution in [3.05, 3.63) is 185 Å². The van der Waals surface area contributed by atoms with Gasteiger partial charge in [-0.2, -0.15) is 4.58 Å². The third-order valence-corrected chi connectivity index (χ3v) is 10.8. The lowest BCUT2D eigenvalue weighted by atomic mass is 9.90. The standard InChI is InChI=1S/C49H36N2/c1-32-19-24-45-46(25-32)44-18-10-9-17-40(44)31-47(45)49-50-48(35-13-3-2-4-14-35)51(49)43-29-41(38-22-20-33-11-5-7-15-36(33)26-38)28-42(30-43)39-23-21-34-12-6-8-16-37(34)27-39/h2-18,20-32,49H,19H2,1H3/p+1. The van der Waals surface area contributed by atoms with Crippen LogP contribution in [0.3, 0.4) is 0 Å². The van der Waals surface area contributed by atoms with E-state index in [4.69, 9.17) is 0 Å². The van der Waals surface area contributed by atoms with Gasteiger partial charge in [0.1, 0.15) is 5.69 Å². The van der Waals surface area contributed by atoms with Gasteiger partial charge in [0, 0.05) is 5.56 Å². The maximum Gasteiger partial charge on any atom is 0.289 e. The number of amidine groups is 1. The summed E-state index contributed by atoms with van der Waals surface area (Å²) in [5.74, 6) is 1.63. The first kappa shape index (κ1) is 29.6. The number of nitrogens with zero attached hydrogens (tertiary/aromatic N) is 1. The van der Waals surface area contributed by atoms with Crippen LogP contribution in [0.25, 0.3) is 66.7 Å². The van der Waals surface area contributed by atoms with Crippen molar-refractivity contribution in [3.63, 3.8) is 0 Å². The van der Waals surface area contributed by atoms with Crippen LogP contribution in [0.4, 0.5) is 5.69 Å². The van der Waals surface area contributed by atoms with E-state index in [1.54, 1.807) is 0 Å². The molecule has 242 valence electrons. The number of fused-ring (bicyclic) bond motifs is 5. The lowest BCUT2D eigenvalue weighted by molar-refractivity contribution is -0.531. The Balaban J connectivity index is 1.23. The fourth-order valence-electron chi connectivity index (χ4n) is 8.17. The van der Waals surface area contributed by atoms with E-state index >= 15 is 0 Å². The zero-order valence-corrected chi connectivity index (χ0v) is 28.6. The summed E-state index contributed by atoms with van der Waals surface area (Å²) >= 11 is 0. The van der Waals surface area contributed by atoms with Crippen molar-refractivity contribution in [1.82, 2.24) is 5.32 Å². The predicted molar refractivity (Wildman–Crippen MR) is 215 cm³/mol. The van der Waals surface area contributed by atoms with E-state index in [0.29, 0.717) is 5.92 Å². The van der Waals surface area contributed by atoms with Crippen molar-refractivity contribution in [1.29, 1.82) is 0 Å². The zero-order valence-electron chi connectivity index (χ0n) is 28.6. The van der Waals surface area contributed by atoms with Crippen molar-refractivity contribution in [2.45, 2.75) is 19.5 Å². The monoisotopic (exact) mass is 653 g/mol. The van der Waals surface area contributed by atoms with Crippen LogP contribution in [-0.2, 0) is 0 Å². The molecular formula is C49H37N2+. The van der Waals surface area contributed by atoms with Gasteiger partial charge in [-0.3, -0.25) is 0 Å². The second-order valence-electron chi connectivity index (χ2n) is 14.1. The van der Waals surface area contributed by atoms with E-state index in [2.05, 4.69) is 193 Å². The molecule has 1 aliphatic carbocycles. The number of benzene rings is 8. The molecule has 1 heterocycles. The molecule has 8 aromatic carbocycles. The van der Waals surface area contributed by atoms with Crippen molar-refractivity contribution >= 4 is 56.0 Å². The molecule has 0 aromatic heterocycles. The summed E-state index contributed by atoms with van der Waals surface area (Å²) in [5.41, 5.74) is 8.49. The Hall–Kier alpha value is -6.25. The van der Waals surface area contributed by atoms with Crippen LogP contribution in [0.1, 0.15) is 30.6 Å². The fraction of sp³-hybridized carbons (Fsp3) is 0.0816. The molecule has 0 saturated heterocycles. The Morgan fingerprint density at radius 3 is 1.75 bits per heavy atom. The molecule has 10 rings (SSSR count). The fourth-order valence-corrected chi connectivity index (χ4v) is 8.17. The van der Waals surface area contributed by atoms with Gasteiger partial charge in [-0.1, -0.05) is 134 Å². The minimum Gasteiger partial charge on any atom is -0.229 e. The Kier molecular flexibility index (Phi) is 6.95. The van der Waals surface area contributed by atoms with Gasteiger partial charge in [-0.05, 0) is 126 Å². The molecule has 0 saturated carbocycles. The number of rotatable bonds is 5. The summed E-state index contributed by atoms with van der Waals surface area (Å²) in [6.07, 6.45) is 5.95. The Bertz CT molecular complexity index is 2730. The van der Waals surface area contributed by atoms with E-state index in [1.165, 1.54) is 81.8 Å². The number of nitrogens with one attached hydrogen (secondary N) is 1. The van der Waals surface area contributed by atoms with Gasteiger partial charge >= 0.3 is 0 Å². The van der Waals surface area contributed by atoms with E-state index in [1.807, 2.05) is 0 Å². The highest BCUT2D eigenvalue weighted by atomic mass is 15.3. The predicted octanol–water partition coefficient (Wildman–Crippen LogP) is 10.5. The van der Waals surface area contributed by atoms with Crippen molar-refractivity contribution in [2.75, 3.05) is 0 Å². The summed E-state index contributed by atoms with van der Waals surface area (Å²) in [7, 11) is 0. The topological polar surface area (TPSA) is 15.0 Å². The molecule has 2 nitrogen and oxygen atoms in total. The zero-order chi connectivity index (χ0) is 33.9. The number of hydrogen-bond donors (Lipinski definition) is 1. The molecule has 2 heteroatoms. The van der Waals surface area contributed by atoms with Gasteiger partial charge in [0.2, 0.25) is 0 Å². The van der Waals surface area contributed by atoms with Crippen LogP contribution in [0.15, 0.2) is 164 Å². The lowest BCUT2D eigenvalue weighted by Crippen LogP contribution is -2.53. The second-order valence-corrected chi connectivity index (χ2v) is 14.1.